The zero-order valence-electron chi connectivity index (χ0n) is 10.4. The topological polar surface area (TPSA) is 29.5 Å². The summed E-state index contributed by atoms with van der Waals surface area (Å²) in [6, 6.07) is 0. The number of amides is 1. The third kappa shape index (κ3) is 4.74. The lowest BCUT2D eigenvalue weighted by atomic mass is 10.1. The van der Waals surface area contributed by atoms with Gasteiger partial charge in [-0.1, -0.05) is 6.92 Å². The van der Waals surface area contributed by atoms with Gasteiger partial charge in [-0.2, -0.15) is 11.8 Å². The number of carbonyl (C=O) groups is 1. The van der Waals surface area contributed by atoms with Crippen molar-refractivity contribution in [3.05, 3.63) is 0 Å². The maximum atomic E-state index is 11.8. The minimum atomic E-state index is 0.312. The fraction of sp³-hybridized carbons (Fsp3) is 0.917. The van der Waals surface area contributed by atoms with E-state index in [0.29, 0.717) is 18.2 Å². The summed E-state index contributed by atoms with van der Waals surface area (Å²) in [5.74, 6) is 1.81. The Morgan fingerprint density at radius 1 is 1.56 bits per heavy atom. The van der Waals surface area contributed by atoms with Crippen molar-refractivity contribution in [2.45, 2.75) is 26.2 Å². The van der Waals surface area contributed by atoms with Crippen LogP contribution in [0, 0.1) is 5.92 Å². The number of rotatable bonds is 7. The Kier molecular flexibility index (Phi) is 6.88. The summed E-state index contributed by atoms with van der Waals surface area (Å²) in [6.07, 6.45) is 4.90. The van der Waals surface area contributed by atoms with Gasteiger partial charge < -0.3 is 9.64 Å². The molecule has 0 radical (unpaired) electrons. The van der Waals surface area contributed by atoms with Crippen LogP contribution in [0.4, 0.5) is 0 Å². The predicted molar refractivity (Wildman–Crippen MR) is 68.8 cm³/mol. The highest BCUT2D eigenvalue weighted by molar-refractivity contribution is 7.98. The maximum Gasteiger partial charge on any atom is 0.223 e. The molecule has 0 N–H and O–H groups in total. The van der Waals surface area contributed by atoms with E-state index in [9.17, 15) is 4.79 Å². The fourth-order valence-corrected chi connectivity index (χ4v) is 2.32. The number of carbonyl (C=O) groups excluding carboxylic acids is 1. The van der Waals surface area contributed by atoms with Gasteiger partial charge in [-0.05, 0) is 19.1 Å². The van der Waals surface area contributed by atoms with Gasteiger partial charge in [-0.25, -0.2) is 0 Å². The third-order valence-electron chi connectivity index (χ3n) is 2.86. The molecule has 1 atom stereocenters. The van der Waals surface area contributed by atoms with E-state index >= 15 is 0 Å². The van der Waals surface area contributed by atoms with Crippen LogP contribution in [0.15, 0.2) is 0 Å². The minimum Gasteiger partial charge on any atom is -0.381 e. The zero-order chi connectivity index (χ0) is 11.8. The van der Waals surface area contributed by atoms with E-state index in [1.165, 1.54) is 0 Å². The molecule has 0 spiro atoms. The van der Waals surface area contributed by atoms with Crippen molar-refractivity contribution in [3.63, 3.8) is 0 Å². The fourth-order valence-electron chi connectivity index (χ4n) is 1.94. The van der Waals surface area contributed by atoms with Crippen LogP contribution in [-0.2, 0) is 9.53 Å². The molecule has 1 saturated heterocycles. The molecule has 0 aromatic rings. The summed E-state index contributed by atoms with van der Waals surface area (Å²) in [5, 5.41) is 0. The van der Waals surface area contributed by atoms with Crippen LogP contribution < -0.4 is 0 Å². The molecule has 0 saturated carbocycles. The summed E-state index contributed by atoms with van der Waals surface area (Å²) < 4.78 is 5.53. The van der Waals surface area contributed by atoms with E-state index in [-0.39, 0.29) is 0 Å². The van der Waals surface area contributed by atoms with Gasteiger partial charge in [0.2, 0.25) is 5.91 Å². The predicted octanol–water partition coefficient (Wildman–Crippen LogP) is 2.01. The molecule has 1 aliphatic rings. The van der Waals surface area contributed by atoms with Gasteiger partial charge in [0.1, 0.15) is 0 Å². The lowest BCUT2D eigenvalue weighted by Crippen LogP contribution is -2.29. The average Bonchev–Trinajstić information content (AvgIpc) is 2.75. The summed E-state index contributed by atoms with van der Waals surface area (Å²) in [6.45, 7) is 5.61. The van der Waals surface area contributed by atoms with Crippen molar-refractivity contribution in [2.75, 3.05) is 38.3 Å². The molecule has 0 aliphatic carbocycles. The van der Waals surface area contributed by atoms with Gasteiger partial charge in [0, 0.05) is 37.8 Å². The first-order chi connectivity index (χ1) is 7.77. The summed E-state index contributed by atoms with van der Waals surface area (Å²) >= 11 is 1.73. The quantitative estimate of drug-likeness (QED) is 0.643. The molecule has 4 heteroatoms. The molecule has 1 rings (SSSR count). The number of thioether (sulfide) groups is 1. The van der Waals surface area contributed by atoms with E-state index in [1.54, 1.807) is 11.8 Å². The van der Waals surface area contributed by atoms with Crippen LogP contribution in [0.2, 0.25) is 0 Å². The Bertz CT molecular complexity index is 211. The highest BCUT2D eigenvalue weighted by Crippen LogP contribution is 2.17. The van der Waals surface area contributed by atoms with Crippen LogP contribution in [0.5, 0.6) is 0 Å². The van der Waals surface area contributed by atoms with Crippen molar-refractivity contribution in [3.8, 4) is 0 Å². The van der Waals surface area contributed by atoms with Gasteiger partial charge in [-0.3, -0.25) is 4.79 Å². The second-order valence-corrected chi connectivity index (χ2v) is 5.30. The summed E-state index contributed by atoms with van der Waals surface area (Å²) in [5.41, 5.74) is 0. The second-order valence-electron chi connectivity index (χ2n) is 4.31. The second kappa shape index (κ2) is 7.96. The first-order valence-corrected chi connectivity index (χ1v) is 7.51. The van der Waals surface area contributed by atoms with Crippen LogP contribution in [0.3, 0.4) is 0 Å². The van der Waals surface area contributed by atoms with Crippen molar-refractivity contribution >= 4 is 17.7 Å². The summed E-state index contributed by atoms with van der Waals surface area (Å²) in [4.78, 5) is 13.7. The normalized spacial score (nSPS) is 20.4. The number of hydrogen-bond acceptors (Lipinski definition) is 3. The number of likely N-dealkylation sites (tertiary alicyclic amines) is 1. The lowest BCUT2D eigenvalue weighted by Gasteiger charge is -2.16. The molecule has 0 unspecified atom stereocenters. The number of nitrogens with zero attached hydrogens (tertiary/aromatic N) is 1. The van der Waals surface area contributed by atoms with Crippen molar-refractivity contribution in [1.82, 2.24) is 4.90 Å². The first-order valence-electron chi connectivity index (χ1n) is 6.12. The Labute approximate surface area is 103 Å². The Balaban J connectivity index is 2.16. The van der Waals surface area contributed by atoms with Gasteiger partial charge >= 0.3 is 0 Å². The van der Waals surface area contributed by atoms with E-state index in [4.69, 9.17) is 4.74 Å². The first kappa shape index (κ1) is 13.8. The molecule has 0 aromatic carbocycles. The minimum absolute atomic E-state index is 0.312. The van der Waals surface area contributed by atoms with Crippen LogP contribution in [0.25, 0.3) is 0 Å². The SMILES string of the molecule is CCCOC[C@H]1CCN(C(=O)CCSC)C1. The van der Waals surface area contributed by atoms with Gasteiger partial charge in [0.15, 0.2) is 0 Å². The van der Waals surface area contributed by atoms with Crippen molar-refractivity contribution in [1.29, 1.82) is 0 Å². The highest BCUT2D eigenvalue weighted by Gasteiger charge is 2.25. The van der Waals surface area contributed by atoms with Crippen molar-refractivity contribution < 1.29 is 9.53 Å². The lowest BCUT2D eigenvalue weighted by molar-refractivity contribution is -0.129. The van der Waals surface area contributed by atoms with Crippen LogP contribution in [-0.4, -0.2) is 49.1 Å². The molecule has 1 fully saturated rings. The number of ether oxygens (including phenoxy) is 1. The Morgan fingerprint density at radius 2 is 2.38 bits per heavy atom. The smallest absolute Gasteiger partial charge is 0.223 e. The monoisotopic (exact) mass is 245 g/mol. The van der Waals surface area contributed by atoms with Crippen LogP contribution >= 0.6 is 11.8 Å². The Hall–Kier alpha value is -0.220. The highest BCUT2D eigenvalue weighted by atomic mass is 32.2. The Morgan fingerprint density at radius 3 is 3.06 bits per heavy atom. The standard InChI is InChI=1S/C12H23NO2S/c1-3-7-15-10-11-4-6-13(9-11)12(14)5-8-16-2/h11H,3-10H2,1-2H3/t11-/m0/s1. The molecule has 1 aliphatic heterocycles. The molecule has 1 amide bonds. The van der Waals surface area contributed by atoms with E-state index in [2.05, 4.69) is 6.92 Å². The molecule has 0 bridgehead atoms. The van der Waals surface area contributed by atoms with Gasteiger partial charge in [0.25, 0.3) is 0 Å². The van der Waals surface area contributed by atoms with Crippen LogP contribution in [0.1, 0.15) is 26.2 Å². The van der Waals surface area contributed by atoms with E-state index in [1.807, 2.05) is 11.2 Å². The third-order valence-corrected chi connectivity index (χ3v) is 3.47. The molecule has 16 heavy (non-hydrogen) atoms. The zero-order valence-corrected chi connectivity index (χ0v) is 11.2. The molecule has 3 nitrogen and oxygen atoms in total. The van der Waals surface area contributed by atoms with E-state index < -0.39 is 0 Å². The molecular formula is C12H23NO2S. The molecule has 0 aromatic heterocycles. The van der Waals surface area contributed by atoms with Gasteiger partial charge in [0.05, 0.1) is 6.61 Å². The maximum absolute atomic E-state index is 11.8. The van der Waals surface area contributed by atoms with Gasteiger partial charge in [-0.15, -0.1) is 0 Å². The van der Waals surface area contributed by atoms with Crippen molar-refractivity contribution in [2.24, 2.45) is 5.92 Å². The number of hydrogen-bond donors (Lipinski definition) is 0. The largest absolute Gasteiger partial charge is 0.381 e. The molecule has 94 valence electrons. The molecular weight excluding hydrogens is 222 g/mol. The molecule has 1 heterocycles. The average molecular weight is 245 g/mol. The summed E-state index contributed by atoms with van der Waals surface area (Å²) in [7, 11) is 0. The van der Waals surface area contributed by atoms with E-state index in [0.717, 1.165) is 44.9 Å².